The first-order chi connectivity index (χ1) is 10.7. The van der Waals surface area contributed by atoms with E-state index in [0.717, 1.165) is 31.0 Å². The fraction of sp³-hybridized carbons (Fsp3) is 0.500. The third-order valence-electron chi connectivity index (χ3n) is 4.52. The Kier molecular flexibility index (Phi) is 4.36. The maximum absolute atomic E-state index is 4.80. The molecule has 0 N–H and O–H groups in total. The zero-order valence-electron chi connectivity index (χ0n) is 13.7. The van der Waals surface area contributed by atoms with Crippen molar-refractivity contribution >= 4 is 5.82 Å². The molecule has 2 aromatic heterocycles. The highest BCUT2D eigenvalue weighted by molar-refractivity contribution is 5.52. The zero-order chi connectivity index (χ0) is 15.5. The number of rotatable bonds is 4. The van der Waals surface area contributed by atoms with Gasteiger partial charge in [0.25, 0.3) is 0 Å². The van der Waals surface area contributed by atoms with Crippen LogP contribution in [-0.4, -0.2) is 21.5 Å². The summed E-state index contributed by atoms with van der Waals surface area (Å²) in [6.45, 7) is 7.35. The molecule has 0 fully saturated rings. The van der Waals surface area contributed by atoms with Gasteiger partial charge in [0.05, 0.1) is 6.04 Å². The number of pyridine rings is 1. The molecule has 22 heavy (non-hydrogen) atoms. The highest BCUT2D eigenvalue weighted by Gasteiger charge is 2.23. The first kappa shape index (κ1) is 14.9. The molecule has 0 aromatic carbocycles. The van der Waals surface area contributed by atoms with Gasteiger partial charge in [0.2, 0.25) is 0 Å². The van der Waals surface area contributed by atoms with Crippen molar-refractivity contribution in [3.05, 3.63) is 47.2 Å². The second-order valence-corrected chi connectivity index (χ2v) is 5.98. The van der Waals surface area contributed by atoms with Crippen LogP contribution in [0.1, 0.15) is 55.4 Å². The van der Waals surface area contributed by atoms with Crippen LogP contribution in [0.4, 0.5) is 5.82 Å². The van der Waals surface area contributed by atoms with Crippen LogP contribution in [0.15, 0.2) is 24.5 Å². The van der Waals surface area contributed by atoms with Crippen LogP contribution < -0.4 is 4.90 Å². The molecule has 1 aliphatic rings. The molecule has 0 aliphatic heterocycles. The lowest BCUT2D eigenvalue weighted by Crippen LogP contribution is -2.30. The second-order valence-electron chi connectivity index (χ2n) is 5.98. The van der Waals surface area contributed by atoms with Crippen molar-refractivity contribution in [3.63, 3.8) is 0 Å². The summed E-state index contributed by atoms with van der Waals surface area (Å²) in [5.41, 5.74) is 3.84. The molecule has 116 valence electrons. The lowest BCUT2D eigenvalue weighted by molar-refractivity contribution is 0.628. The number of fused-ring (bicyclic) bond motifs is 1. The number of hydrogen-bond acceptors (Lipinski definition) is 4. The van der Waals surface area contributed by atoms with Crippen molar-refractivity contribution in [2.75, 3.05) is 11.4 Å². The minimum atomic E-state index is 0.263. The normalized spacial score (nSPS) is 15.2. The molecular weight excluding hydrogens is 272 g/mol. The van der Waals surface area contributed by atoms with Gasteiger partial charge >= 0.3 is 0 Å². The maximum atomic E-state index is 4.80. The monoisotopic (exact) mass is 296 g/mol. The molecule has 0 radical (unpaired) electrons. The van der Waals surface area contributed by atoms with E-state index in [1.165, 1.54) is 29.7 Å². The summed E-state index contributed by atoms with van der Waals surface area (Å²) >= 11 is 0. The summed E-state index contributed by atoms with van der Waals surface area (Å²) in [5.74, 6) is 2.01. The zero-order valence-corrected chi connectivity index (χ0v) is 13.7. The SMILES string of the molecule is CCN(c1nc(C)nc2c1CCCC2)C(C)c1cccnc1. The molecule has 0 spiro atoms. The van der Waals surface area contributed by atoms with Crippen molar-refractivity contribution in [3.8, 4) is 0 Å². The van der Waals surface area contributed by atoms with Crippen LogP contribution in [0.25, 0.3) is 0 Å². The van der Waals surface area contributed by atoms with Crippen molar-refractivity contribution < 1.29 is 0 Å². The molecule has 1 aliphatic carbocycles. The molecule has 4 heteroatoms. The van der Waals surface area contributed by atoms with Gasteiger partial charge in [0.15, 0.2) is 0 Å². The largest absolute Gasteiger partial charge is 0.350 e. The van der Waals surface area contributed by atoms with Gasteiger partial charge in [-0.1, -0.05) is 6.07 Å². The molecule has 1 unspecified atom stereocenters. The van der Waals surface area contributed by atoms with E-state index in [1.54, 1.807) is 0 Å². The van der Waals surface area contributed by atoms with E-state index in [1.807, 2.05) is 25.4 Å². The number of anilines is 1. The third-order valence-corrected chi connectivity index (χ3v) is 4.52. The second kappa shape index (κ2) is 6.42. The fourth-order valence-electron chi connectivity index (χ4n) is 3.34. The fourth-order valence-corrected chi connectivity index (χ4v) is 3.34. The van der Waals surface area contributed by atoms with Crippen LogP contribution in [0.5, 0.6) is 0 Å². The highest BCUT2D eigenvalue weighted by atomic mass is 15.2. The molecule has 3 rings (SSSR count). The Morgan fingerprint density at radius 3 is 2.77 bits per heavy atom. The van der Waals surface area contributed by atoms with Gasteiger partial charge in [-0.3, -0.25) is 4.98 Å². The van der Waals surface area contributed by atoms with Gasteiger partial charge in [-0.05, 0) is 58.1 Å². The minimum Gasteiger partial charge on any atom is -0.350 e. The summed E-state index contributed by atoms with van der Waals surface area (Å²) in [7, 11) is 0. The van der Waals surface area contributed by atoms with Gasteiger partial charge in [-0.25, -0.2) is 9.97 Å². The van der Waals surface area contributed by atoms with E-state index in [-0.39, 0.29) is 6.04 Å². The molecular formula is C18H24N4. The van der Waals surface area contributed by atoms with E-state index < -0.39 is 0 Å². The minimum absolute atomic E-state index is 0.263. The molecule has 2 heterocycles. The van der Waals surface area contributed by atoms with Crippen molar-refractivity contribution in [2.45, 2.75) is 52.5 Å². The molecule has 0 saturated carbocycles. The van der Waals surface area contributed by atoms with Crippen LogP contribution in [-0.2, 0) is 12.8 Å². The van der Waals surface area contributed by atoms with Crippen LogP contribution >= 0.6 is 0 Å². The lowest BCUT2D eigenvalue weighted by Gasteiger charge is -2.32. The maximum Gasteiger partial charge on any atom is 0.136 e. The summed E-state index contributed by atoms with van der Waals surface area (Å²) in [4.78, 5) is 16.1. The molecule has 0 amide bonds. The van der Waals surface area contributed by atoms with Crippen molar-refractivity contribution in [2.24, 2.45) is 0 Å². The first-order valence-corrected chi connectivity index (χ1v) is 8.23. The van der Waals surface area contributed by atoms with E-state index in [2.05, 4.69) is 34.8 Å². The van der Waals surface area contributed by atoms with Crippen molar-refractivity contribution in [1.82, 2.24) is 15.0 Å². The van der Waals surface area contributed by atoms with Gasteiger partial charge < -0.3 is 4.90 Å². The summed E-state index contributed by atoms with van der Waals surface area (Å²) in [6, 6.07) is 4.40. The summed E-state index contributed by atoms with van der Waals surface area (Å²) in [5, 5.41) is 0. The van der Waals surface area contributed by atoms with E-state index in [0.29, 0.717) is 0 Å². The topological polar surface area (TPSA) is 41.9 Å². The Hall–Kier alpha value is -1.97. The predicted molar refractivity (Wildman–Crippen MR) is 89.1 cm³/mol. The number of nitrogens with zero attached hydrogens (tertiary/aromatic N) is 4. The first-order valence-electron chi connectivity index (χ1n) is 8.23. The third kappa shape index (κ3) is 2.82. The Labute approximate surface area is 132 Å². The lowest BCUT2D eigenvalue weighted by atomic mass is 9.95. The standard InChI is InChI=1S/C18H24N4/c1-4-22(13(2)15-8-7-11-19-12-15)18-16-9-5-6-10-17(16)20-14(3)21-18/h7-8,11-13H,4-6,9-10H2,1-3H3. The average Bonchev–Trinajstić information content (AvgIpc) is 2.56. The van der Waals surface area contributed by atoms with Crippen LogP contribution in [0.3, 0.4) is 0 Å². The summed E-state index contributed by atoms with van der Waals surface area (Å²) < 4.78 is 0. The van der Waals surface area contributed by atoms with Crippen molar-refractivity contribution in [1.29, 1.82) is 0 Å². The predicted octanol–water partition coefficient (Wildman–Crippen LogP) is 3.65. The Morgan fingerprint density at radius 2 is 2.05 bits per heavy atom. The Morgan fingerprint density at radius 1 is 1.23 bits per heavy atom. The quantitative estimate of drug-likeness (QED) is 0.863. The summed E-state index contributed by atoms with van der Waals surface area (Å²) in [6.07, 6.45) is 8.45. The molecule has 0 saturated heterocycles. The van der Waals surface area contributed by atoms with E-state index in [4.69, 9.17) is 4.98 Å². The molecule has 4 nitrogen and oxygen atoms in total. The molecule has 2 aromatic rings. The Balaban J connectivity index is 2.02. The smallest absolute Gasteiger partial charge is 0.136 e. The van der Waals surface area contributed by atoms with Gasteiger partial charge in [-0.2, -0.15) is 0 Å². The van der Waals surface area contributed by atoms with Crippen LogP contribution in [0, 0.1) is 6.92 Å². The average molecular weight is 296 g/mol. The molecule has 0 bridgehead atoms. The van der Waals surface area contributed by atoms with Gasteiger partial charge in [0, 0.05) is 30.2 Å². The molecule has 1 atom stereocenters. The number of aromatic nitrogens is 3. The van der Waals surface area contributed by atoms with Crippen LogP contribution in [0.2, 0.25) is 0 Å². The number of aryl methyl sites for hydroxylation is 2. The van der Waals surface area contributed by atoms with Gasteiger partial charge in [-0.15, -0.1) is 0 Å². The van der Waals surface area contributed by atoms with E-state index >= 15 is 0 Å². The van der Waals surface area contributed by atoms with Gasteiger partial charge in [0.1, 0.15) is 11.6 Å². The highest BCUT2D eigenvalue weighted by Crippen LogP contribution is 2.32. The number of hydrogen-bond donors (Lipinski definition) is 0. The van der Waals surface area contributed by atoms with E-state index in [9.17, 15) is 0 Å². The Bertz CT molecular complexity index is 639.